The van der Waals surface area contributed by atoms with Crippen molar-refractivity contribution in [3.05, 3.63) is 17.8 Å². The number of rotatable bonds is 3. The predicted octanol–water partition coefficient (Wildman–Crippen LogP) is 2.36. The van der Waals surface area contributed by atoms with Gasteiger partial charge in [0.1, 0.15) is 5.76 Å². The molecule has 0 amide bonds. The van der Waals surface area contributed by atoms with Crippen molar-refractivity contribution in [2.24, 2.45) is 5.92 Å². The monoisotopic (exact) mass is 209 g/mol. The van der Waals surface area contributed by atoms with Gasteiger partial charge in [-0.05, 0) is 25.7 Å². The van der Waals surface area contributed by atoms with Gasteiger partial charge >= 0.3 is 5.97 Å². The Labute approximate surface area is 88.6 Å². The highest BCUT2D eigenvalue weighted by atomic mass is 16.5. The summed E-state index contributed by atoms with van der Waals surface area (Å²) < 4.78 is 10.2. The van der Waals surface area contributed by atoms with Gasteiger partial charge in [-0.1, -0.05) is 6.92 Å². The second kappa shape index (κ2) is 4.04. The first-order chi connectivity index (χ1) is 7.24. The Morgan fingerprint density at radius 2 is 2.47 bits per heavy atom. The lowest BCUT2D eigenvalue weighted by Crippen LogP contribution is -2.22. The molecule has 4 heteroatoms. The molecular formula is C11H15NO3. The van der Waals surface area contributed by atoms with Crippen molar-refractivity contribution in [3.63, 3.8) is 0 Å². The molecule has 1 aromatic rings. The number of hydrogen-bond donors (Lipinski definition) is 0. The molecule has 2 rings (SSSR count). The first kappa shape index (κ1) is 10.2. The van der Waals surface area contributed by atoms with Gasteiger partial charge in [0.15, 0.2) is 12.1 Å². The lowest BCUT2D eigenvalue weighted by molar-refractivity contribution is 0.0514. The van der Waals surface area contributed by atoms with Crippen molar-refractivity contribution in [1.29, 1.82) is 0 Å². The van der Waals surface area contributed by atoms with Gasteiger partial charge < -0.3 is 9.15 Å². The second-order valence-corrected chi connectivity index (χ2v) is 3.95. The summed E-state index contributed by atoms with van der Waals surface area (Å²) in [5, 5.41) is 0. The fraction of sp³-hybridized carbons (Fsp3) is 0.636. The smallest absolute Gasteiger partial charge is 0.360 e. The van der Waals surface area contributed by atoms with Crippen molar-refractivity contribution in [2.75, 3.05) is 6.61 Å². The summed E-state index contributed by atoms with van der Waals surface area (Å²) in [7, 11) is 0. The lowest BCUT2D eigenvalue weighted by Gasteiger charge is -2.32. The summed E-state index contributed by atoms with van der Waals surface area (Å²) in [6.07, 6.45) is 3.59. The van der Waals surface area contributed by atoms with Gasteiger partial charge in [0, 0.05) is 5.92 Å². The van der Waals surface area contributed by atoms with Crippen LogP contribution < -0.4 is 0 Å². The highest BCUT2D eigenvalue weighted by Crippen LogP contribution is 2.43. The third-order valence-corrected chi connectivity index (χ3v) is 3.02. The van der Waals surface area contributed by atoms with Crippen molar-refractivity contribution in [2.45, 2.75) is 32.6 Å². The zero-order valence-electron chi connectivity index (χ0n) is 9.03. The zero-order chi connectivity index (χ0) is 10.8. The molecule has 0 aliphatic heterocycles. The van der Waals surface area contributed by atoms with E-state index in [2.05, 4.69) is 11.9 Å². The molecule has 0 spiro atoms. The molecule has 0 saturated heterocycles. The minimum Gasteiger partial charge on any atom is -0.461 e. The maximum absolute atomic E-state index is 11.5. The topological polar surface area (TPSA) is 52.3 Å². The average Bonchev–Trinajstić information content (AvgIpc) is 2.64. The Morgan fingerprint density at radius 1 is 1.67 bits per heavy atom. The molecule has 0 N–H and O–H groups in total. The summed E-state index contributed by atoms with van der Waals surface area (Å²) in [4.78, 5) is 15.5. The molecule has 0 radical (unpaired) electrons. The minimum atomic E-state index is -0.375. The van der Waals surface area contributed by atoms with E-state index in [-0.39, 0.29) is 5.97 Å². The SMILES string of the molecule is CCOC(=O)c1ncoc1C1CCC1C. The molecule has 1 aliphatic rings. The first-order valence-electron chi connectivity index (χ1n) is 5.34. The second-order valence-electron chi connectivity index (χ2n) is 3.95. The van der Waals surface area contributed by atoms with Gasteiger partial charge in [0.05, 0.1) is 6.61 Å². The lowest BCUT2D eigenvalue weighted by atomic mass is 9.73. The molecule has 1 saturated carbocycles. The number of carbonyl (C=O) groups excluding carboxylic acids is 1. The molecular weight excluding hydrogens is 194 g/mol. The van der Waals surface area contributed by atoms with Gasteiger partial charge in [-0.2, -0.15) is 0 Å². The molecule has 1 aliphatic carbocycles. The minimum absolute atomic E-state index is 0.340. The molecule has 1 aromatic heterocycles. The molecule has 82 valence electrons. The molecule has 1 fully saturated rings. The number of aromatic nitrogens is 1. The Bertz CT molecular complexity index is 358. The van der Waals surface area contributed by atoms with Crippen LogP contribution in [-0.2, 0) is 4.74 Å². The molecule has 15 heavy (non-hydrogen) atoms. The van der Waals surface area contributed by atoms with E-state index in [4.69, 9.17) is 9.15 Å². The fourth-order valence-electron chi connectivity index (χ4n) is 1.93. The van der Waals surface area contributed by atoms with E-state index in [1.807, 2.05) is 0 Å². The molecule has 4 nitrogen and oxygen atoms in total. The van der Waals surface area contributed by atoms with E-state index >= 15 is 0 Å². The van der Waals surface area contributed by atoms with Crippen molar-refractivity contribution < 1.29 is 13.9 Å². The van der Waals surface area contributed by atoms with Crippen molar-refractivity contribution in [1.82, 2.24) is 4.98 Å². The van der Waals surface area contributed by atoms with Crippen LogP contribution in [-0.4, -0.2) is 17.6 Å². The first-order valence-corrected chi connectivity index (χ1v) is 5.34. The van der Waals surface area contributed by atoms with Crippen LogP contribution in [0.1, 0.15) is 48.9 Å². The number of esters is 1. The summed E-state index contributed by atoms with van der Waals surface area (Å²) in [6, 6.07) is 0. The Morgan fingerprint density at radius 3 is 3.00 bits per heavy atom. The molecule has 2 atom stereocenters. The third-order valence-electron chi connectivity index (χ3n) is 3.02. The van der Waals surface area contributed by atoms with E-state index < -0.39 is 0 Å². The van der Waals surface area contributed by atoms with Crippen LogP contribution in [0.2, 0.25) is 0 Å². The van der Waals surface area contributed by atoms with E-state index in [1.165, 1.54) is 12.8 Å². The van der Waals surface area contributed by atoms with Crippen LogP contribution in [0, 0.1) is 5.92 Å². The van der Waals surface area contributed by atoms with Gasteiger partial charge in [0.25, 0.3) is 0 Å². The Kier molecular flexibility index (Phi) is 2.75. The van der Waals surface area contributed by atoms with Crippen LogP contribution in [0.25, 0.3) is 0 Å². The van der Waals surface area contributed by atoms with E-state index in [0.29, 0.717) is 29.9 Å². The average molecular weight is 209 g/mol. The molecule has 0 aromatic carbocycles. The van der Waals surface area contributed by atoms with Crippen molar-refractivity contribution in [3.8, 4) is 0 Å². The van der Waals surface area contributed by atoms with Crippen LogP contribution in [0.15, 0.2) is 10.8 Å². The number of ether oxygens (including phenoxy) is 1. The van der Waals surface area contributed by atoms with Crippen LogP contribution in [0.4, 0.5) is 0 Å². The predicted molar refractivity (Wildman–Crippen MR) is 53.6 cm³/mol. The van der Waals surface area contributed by atoms with E-state index in [0.717, 1.165) is 6.42 Å². The maximum Gasteiger partial charge on any atom is 0.360 e. The van der Waals surface area contributed by atoms with Gasteiger partial charge in [-0.3, -0.25) is 0 Å². The number of carbonyl (C=O) groups is 1. The summed E-state index contributed by atoms with van der Waals surface area (Å²) >= 11 is 0. The van der Waals surface area contributed by atoms with Crippen molar-refractivity contribution >= 4 is 5.97 Å². The zero-order valence-corrected chi connectivity index (χ0v) is 9.03. The fourth-order valence-corrected chi connectivity index (χ4v) is 1.93. The summed E-state index contributed by atoms with van der Waals surface area (Å²) in [6.45, 7) is 4.31. The quantitative estimate of drug-likeness (QED) is 0.717. The Balaban J connectivity index is 2.18. The largest absolute Gasteiger partial charge is 0.461 e. The number of oxazole rings is 1. The number of hydrogen-bond acceptors (Lipinski definition) is 4. The molecule has 0 bridgehead atoms. The van der Waals surface area contributed by atoms with E-state index in [1.54, 1.807) is 6.92 Å². The van der Waals surface area contributed by atoms with Gasteiger partial charge in [-0.25, -0.2) is 9.78 Å². The third kappa shape index (κ3) is 1.76. The molecule has 1 heterocycles. The highest BCUT2D eigenvalue weighted by Gasteiger charge is 2.35. The summed E-state index contributed by atoms with van der Waals surface area (Å²) in [5.74, 6) is 1.24. The summed E-state index contributed by atoms with van der Waals surface area (Å²) in [5.41, 5.74) is 0.355. The maximum atomic E-state index is 11.5. The number of nitrogens with zero attached hydrogens (tertiary/aromatic N) is 1. The van der Waals surface area contributed by atoms with Crippen LogP contribution >= 0.6 is 0 Å². The van der Waals surface area contributed by atoms with Gasteiger partial charge in [0.2, 0.25) is 0 Å². The van der Waals surface area contributed by atoms with Gasteiger partial charge in [-0.15, -0.1) is 0 Å². The Hall–Kier alpha value is -1.32. The molecule has 2 unspecified atom stereocenters. The highest BCUT2D eigenvalue weighted by molar-refractivity contribution is 5.88. The standard InChI is InChI=1S/C11H15NO3/c1-3-14-11(13)9-10(15-6-12-9)8-5-4-7(8)2/h6-8H,3-5H2,1-2H3. The van der Waals surface area contributed by atoms with Crippen LogP contribution in [0.5, 0.6) is 0 Å². The van der Waals surface area contributed by atoms with E-state index in [9.17, 15) is 4.79 Å². The normalized spacial score (nSPS) is 24.7. The van der Waals surface area contributed by atoms with Crippen LogP contribution in [0.3, 0.4) is 0 Å².